The van der Waals surface area contributed by atoms with Crippen LogP contribution in [0.5, 0.6) is 0 Å². The molecule has 128 valence electrons. The van der Waals surface area contributed by atoms with Crippen LogP contribution in [0, 0.1) is 0 Å². The van der Waals surface area contributed by atoms with Crippen LogP contribution < -0.4 is 0 Å². The van der Waals surface area contributed by atoms with Gasteiger partial charge in [-0.2, -0.15) is 0 Å². The van der Waals surface area contributed by atoms with Crippen molar-refractivity contribution < 1.29 is 0 Å². The summed E-state index contributed by atoms with van der Waals surface area (Å²) >= 11 is 6.69. The Balaban J connectivity index is 0.00000196. The Labute approximate surface area is 178 Å². The molecule has 0 spiro atoms. The number of rotatable bonds is 4. The molecule has 0 unspecified atom stereocenters. The molecule has 0 aliphatic carbocycles. The van der Waals surface area contributed by atoms with E-state index in [4.69, 9.17) is 11.6 Å². The fourth-order valence-electron chi connectivity index (χ4n) is 3.49. The van der Waals surface area contributed by atoms with E-state index in [2.05, 4.69) is 64.1 Å². The minimum absolute atomic E-state index is 0. The summed E-state index contributed by atoms with van der Waals surface area (Å²) in [6.07, 6.45) is 5.64. The van der Waals surface area contributed by atoms with Crippen molar-refractivity contribution in [3.63, 3.8) is 0 Å². The van der Waals surface area contributed by atoms with Gasteiger partial charge in [-0.1, -0.05) is 90.5 Å². The van der Waals surface area contributed by atoms with Gasteiger partial charge in [0, 0.05) is 23.0 Å². The molecule has 26 heavy (non-hydrogen) atoms. The molecule has 0 aliphatic rings. The summed E-state index contributed by atoms with van der Waals surface area (Å²) in [6.45, 7) is 0. The number of hydrogen-bond acceptors (Lipinski definition) is 1. The van der Waals surface area contributed by atoms with Gasteiger partial charge in [0.05, 0.1) is 6.33 Å². The molecular weight excluding hydrogens is 535 g/mol. The van der Waals surface area contributed by atoms with Crippen molar-refractivity contribution in [3.8, 4) is 0 Å². The third kappa shape index (κ3) is 3.12. The third-order valence-electron chi connectivity index (χ3n) is 4.54. The van der Waals surface area contributed by atoms with E-state index in [1.54, 1.807) is 6.20 Å². The first kappa shape index (κ1) is 18.9. The van der Waals surface area contributed by atoms with Gasteiger partial charge < -0.3 is 4.57 Å². The molecule has 0 saturated heterocycles. The summed E-state index contributed by atoms with van der Waals surface area (Å²) in [5, 5.41) is 0.726. The van der Waals surface area contributed by atoms with E-state index in [9.17, 15) is 0 Å². The van der Waals surface area contributed by atoms with E-state index >= 15 is 0 Å². The topological polar surface area (TPSA) is 17.8 Å². The first-order valence-corrected chi connectivity index (χ1v) is 8.56. The fourth-order valence-corrected chi connectivity index (χ4v) is 3.76. The van der Waals surface area contributed by atoms with Crippen LogP contribution in [-0.4, -0.2) is 36.8 Å². The van der Waals surface area contributed by atoms with Crippen LogP contribution in [0.4, 0.5) is 0 Å². The predicted molar refractivity (Wildman–Crippen MR) is 110 cm³/mol. The van der Waals surface area contributed by atoms with Crippen molar-refractivity contribution in [1.29, 1.82) is 0 Å². The van der Waals surface area contributed by atoms with Crippen molar-refractivity contribution in [2.24, 2.45) is 0 Å². The van der Waals surface area contributed by atoms with Gasteiger partial charge in [0.25, 0.3) is 0 Å². The SMILES string of the molecule is Clc1ccccc1C(c1ccccc1)(c1ccccc1)n1ccnc1.[PbH2]. The summed E-state index contributed by atoms with van der Waals surface area (Å²) in [5.41, 5.74) is 2.70. The Morgan fingerprint density at radius 2 is 1.27 bits per heavy atom. The Kier molecular flexibility index (Phi) is 5.94. The Hall–Kier alpha value is -1.92. The number of halogens is 1. The Morgan fingerprint density at radius 1 is 0.731 bits per heavy atom. The van der Waals surface area contributed by atoms with Crippen molar-refractivity contribution in [2.75, 3.05) is 0 Å². The molecule has 1 heterocycles. The minimum atomic E-state index is -0.586. The summed E-state index contributed by atoms with van der Waals surface area (Å²) < 4.78 is 2.12. The van der Waals surface area contributed by atoms with Crippen LogP contribution in [-0.2, 0) is 5.54 Å². The maximum absolute atomic E-state index is 6.69. The van der Waals surface area contributed by atoms with Crippen molar-refractivity contribution >= 4 is 38.9 Å². The molecular formula is C22H19ClN2Pb. The van der Waals surface area contributed by atoms with Crippen molar-refractivity contribution in [2.45, 2.75) is 5.54 Å². The fraction of sp³-hybridized carbons (Fsp3) is 0.0455. The number of benzene rings is 3. The second kappa shape index (κ2) is 8.19. The Morgan fingerprint density at radius 3 is 1.77 bits per heavy atom. The van der Waals surface area contributed by atoms with Gasteiger partial charge in [0.15, 0.2) is 0 Å². The van der Waals surface area contributed by atoms with Gasteiger partial charge >= 0.3 is 27.3 Å². The molecule has 0 bridgehead atoms. The van der Waals surface area contributed by atoms with Crippen molar-refractivity contribution in [3.05, 3.63) is 125 Å². The number of nitrogens with zero attached hydrogens (tertiary/aromatic N) is 2. The molecule has 1 aromatic heterocycles. The summed E-state index contributed by atoms with van der Waals surface area (Å²) in [5.74, 6) is 0. The zero-order chi connectivity index (χ0) is 17.1. The molecule has 0 amide bonds. The molecule has 0 fully saturated rings. The zero-order valence-corrected chi connectivity index (χ0v) is 20.5. The molecule has 2 radical (unpaired) electrons. The number of aromatic nitrogens is 2. The standard InChI is InChI=1S/C22H17ClN2.Pb.2H/c23-21-14-8-7-13-20(21)22(25-16-15-24-17-25,18-9-3-1-4-10-18)19-11-5-2-6-12-19;;;/h1-17H;;;. The van der Waals surface area contributed by atoms with Gasteiger partial charge in [0.2, 0.25) is 0 Å². The van der Waals surface area contributed by atoms with Crippen LogP contribution in [0.2, 0.25) is 5.02 Å². The summed E-state index contributed by atoms with van der Waals surface area (Å²) in [7, 11) is 0. The van der Waals surface area contributed by atoms with Gasteiger partial charge in [-0.05, 0) is 17.2 Å². The van der Waals surface area contributed by atoms with Gasteiger partial charge in [-0.25, -0.2) is 4.98 Å². The van der Waals surface area contributed by atoms with E-state index in [1.807, 2.05) is 42.9 Å². The maximum atomic E-state index is 6.69. The molecule has 4 heteroatoms. The molecule has 4 rings (SSSR count). The Bertz CT molecular complexity index is 914. The van der Waals surface area contributed by atoms with Crippen LogP contribution in [0.3, 0.4) is 0 Å². The van der Waals surface area contributed by atoms with Crippen LogP contribution in [0.25, 0.3) is 0 Å². The molecule has 4 aromatic rings. The van der Waals surface area contributed by atoms with E-state index in [0.717, 1.165) is 21.7 Å². The number of hydrogen-bond donors (Lipinski definition) is 0. The predicted octanol–water partition coefficient (Wildman–Crippen LogP) is 4.46. The van der Waals surface area contributed by atoms with E-state index in [0.29, 0.717) is 0 Å². The summed E-state index contributed by atoms with van der Waals surface area (Å²) in [4.78, 5) is 4.31. The van der Waals surface area contributed by atoms with Gasteiger partial charge in [-0.3, -0.25) is 0 Å². The second-order valence-corrected chi connectivity index (χ2v) is 6.30. The second-order valence-electron chi connectivity index (χ2n) is 5.89. The average molecular weight is 554 g/mol. The molecule has 0 N–H and O–H groups in total. The monoisotopic (exact) mass is 554 g/mol. The normalized spacial score (nSPS) is 11.0. The zero-order valence-electron chi connectivity index (χ0n) is 14.3. The van der Waals surface area contributed by atoms with Crippen LogP contribution >= 0.6 is 11.6 Å². The summed E-state index contributed by atoms with van der Waals surface area (Å²) in [6, 6.07) is 28.8. The third-order valence-corrected chi connectivity index (χ3v) is 4.87. The first-order chi connectivity index (χ1) is 12.3. The van der Waals surface area contributed by atoms with Crippen molar-refractivity contribution in [1.82, 2.24) is 9.55 Å². The van der Waals surface area contributed by atoms with E-state index in [-0.39, 0.29) is 27.3 Å². The van der Waals surface area contributed by atoms with Gasteiger partial charge in [-0.15, -0.1) is 0 Å². The molecule has 0 saturated carbocycles. The molecule has 0 atom stereocenters. The average Bonchev–Trinajstić information content (AvgIpc) is 3.21. The quantitative estimate of drug-likeness (QED) is 0.270. The van der Waals surface area contributed by atoms with Crippen LogP contribution in [0.15, 0.2) is 104 Å². The van der Waals surface area contributed by atoms with E-state index < -0.39 is 5.54 Å². The van der Waals surface area contributed by atoms with Crippen LogP contribution in [0.1, 0.15) is 16.7 Å². The molecule has 0 aliphatic heterocycles. The first-order valence-electron chi connectivity index (χ1n) is 8.18. The van der Waals surface area contributed by atoms with E-state index in [1.165, 1.54) is 0 Å². The molecule has 2 nitrogen and oxygen atoms in total. The molecule has 3 aromatic carbocycles. The van der Waals surface area contributed by atoms with Gasteiger partial charge in [0.1, 0.15) is 5.54 Å². The number of imidazole rings is 1.